The highest BCUT2D eigenvalue weighted by molar-refractivity contribution is 5.99. The molecule has 1 aromatic rings. The van der Waals surface area contributed by atoms with Gasteiger partial charge in [-0.05, 0) is 50.5 Å². The van der Waals surface area contributed by atoms with Gasteiger partial charge in [0.25, 0.3) is 0 Å². The summed E-state index contributed by atoms with van der Waals surface area (Å²) in [5, 5.41) is 12.4. The maximum absolute atomic E-state index is 14.4. The molecule has 3 amide bonds. The van der Waals surface area contributed by atoms with Gasteiger partial charge in [0, 0.05) is 32.7 Å². The van der Waals surface area contributed by atoms with Crippen LogP contribution < -0.4 is 5.32 Å². The third-order valence-electron chi connectivity index (χ3n) is 9.57. The number of esters is 1. The largest absolute Gasteiger partial charge is 0.463 e. The van der Waals surface area contributed by atoms with E-state index in [1.165, 1.54) is 0 Å². The minimum absolute atomic E-state index is 0.0555. The Morgan fingerprint density at radius 1 is 1.15 bits per heavy atom. The number of unbranched alkanes of at least 4 members (excludes halogenated alkanes) is 4. The highest BCUT2D eigenvalue weighted by Gasteiger charge is 2.74. The second-order valence-electron chi connectivity index (χ2n) is 12.6. The number of allylic oxidation sites excluding steroid dienone is 1. The number of aliphatic hydroxyl groups excluding tert-OH is 1. The molecule has 3 saturated heterocycles. The van der Waals surface area contributed by atoms with E-state index < -0.39 is 35.6 Å². The van der Waals surface area contributed by atoms with Crippen LogP contribution in [-0.4, -0.2) is 89.2 Å². The number of nitrogens with zero attached hydrogens (tertiary/aromatic N) is 2. The van der Waals surface area contributed by atoms with Crippen molar-refractivity contribution in [3.63, 3.8) is 0 Å². The molecule has 0 aliphatic carbocycles. The van der Waals surface area contributed by atoms with Crippen molar-refractivity contribution < 1.29 is 33.8 Å². The predicted octanol–water partition coefficient (Wildman–Crippen LogP) is 4.10. The Morgan fingerprint density at radius 3 is 2.63 bits per heavy atom. The topological polar surface area (TPSA) is 125 Å². The Labute approximate surface area is 273 Å². The molecule has 1 aromatic carbocycles. The Morgan fingerprint density at radius 2 is 1.93 bits per heavy atom. The molecule has 46 heavy (non-hydrogen) atoms. The van der Waals surface area contributed by atoms with E-state index in [4.69, 9.17) is 9.47 Å². The van der Waals surface area contributed by atoms with E-state index in [2.05, 4.69) is 25.4 Å². The maximum atomic E-state index is 14.4. The molecule has 0 saturated carbocycles. The second kappa shape index (κ2) is 16.9. The lowest BCUT2D eigenvalue weighted by atomic mass is 9.70. The standard InChI is InChI=1S/C36H51N3O7/c1-4-7-13-22-38(21-6-3)35(44)32-36-20-19-28(46-36)30(31(36)34(43)39(32)23-14-10-15-24-40)33(42)37-27(26-16-11-9-12-17-26)25-45-29(41)18-8-5-2/h5-6,9,11-12,16-17,27-28,30-32,40H,2-4,7-8,10,13-15,18-25H2,1H3,(H,37,42)/t27-,28-,30+,31+,32-,36+/m1/s1. The van der Waals surface area contributed by atoms with Gasteiger partial charge < -0.3 is 29.7 Å². The average molecular weight is 638 g/mol. The summed E-state index contributed by atoms with van der Waals surface area (Å²) in [4.78, 5) is 58.6. The minimum Gasteiger partial charge on any atom is -0.463 e. The van der Waals surface area contributed by atoms with Gasteiger partial charge >= 0.3 is 5.97 Å². The quantitative estimate of drug-likeness (QED) is 0.125. The van der Waals surface area contributed by atoms with Crippen molar-refractivity contribution in [2.75, 3.05) is 32.8 Å². The summed E-state index contributed by atoms with van der Waals surface area (Å²) in [5.74, 6) is -2.71. The fourth-order valence-electron chi connectivity index (χ4n) is 7.36. The molecule has 3 fully saturated rings. The lowest BCUT2D eigenvalue weighted by Crippen LogP contribution is -2.56. The van der Waals surface area contributed by atoms with Crippen molar-refractivity contribution in [3.8, 4) is 0 Å². The lowest BCUT2D eigenvalue weighted by Gasteiger charge is -2.37. The molecule has 2 bridgehead atoms. The summed E-state index contributed by atoms with van der Waals surface area (Å²) in [5.41, 5.74) is -0.323. The number of nitrogens with one attached hydrogen (secondary N) is 1. The first-order valence-corrected chi connectivity index (χ1v) is 16.9. The number of hydrogen-bond donors (Lipinski definition) is 2. The maximum Gasteiger partial charge on any atom is 0.306 e. The Kier molecular flexibility index (Phi) is 13.0. The van der Waals surface area contributed by atoms with E-state index in [1.807, 2.05) is 30.3 Å². The number of likely N-dealkylation sites (tertiary alicyclic amines) is 1. The molecule has 10 heteroatoms. The fourth-order valence-corrected chi connectivity index (χ4v) is 7.36. The normalized spacial score (nSPS) is 25.2. The van der Waals surface area contributed by atoms with Gasteiger partial charge in [-0.1, -0.05) is 62.2 Å². The van der Waals surface area contributed by atoms with E-state index in [1.54, 1.807) is 22.0 Å². The summed E-state index contributed by atoms with van der Waals surface area (Å²) in [6.07, 6.45) is 9.42. The van der Waals surface area contributed by atoms with Crippen LogP contribution in [0.25, 0.3) is 0 Å². The van der Waals surface area contributed by atoms with Gasteiger partial charge in [-0.2, -0.15) is 0 Å². The van der Waals surface area contributed by atoms with Gasteiger partial charge in [-0.25, -0.2) is 0 Å². The molecule has 1 spiro atoms. The Hall–Kier alpha value is -3.50. The first-order valence-electron chi connectivity index (χ1n) is 16.9. The molecule has 3 aliphatic heterocycles. The van der Waals surface area contributed by atoms with Crippen LogP contribution in [0.15, 0.2) is 55.6 Å². The van der Waals surface area contributed by atoms with Crippen LogP contribution in [0.2, 0.25) is 0 Å². The summed E-state index contributed by atoms with van der Waals surface area (Å²) in [6, 6.07) is 7.83. The van der Waals surface area contributed by atoms with E-state index in [-0.39, 0.29) is 43.3 Å². The molecule has 0 unspecified atom stereocenters. The van der Waals surface area contributed by atoms with E-state index >= 15 is 0 Å². The Bertz CT molecular complexity index is 1220. The van der Waals surface area contributed by atoms with Crippen molar-refractivity contribution in [2.24, 2.45) is 11.8 Å². The number of rotatable bonds is 20. The Balaban J connectivity index is 1.60. The molecule has 0 aromatic heterocycles. The molecular formula is C36H51N3O7. The van der Waals surface area contributed by atoms with Crippen LogP contribution in [-0.2, 0) is 28.7 Å². The van der Waals surface area contributed by atoms with Crippen LogP contribution in [0.1, 0.15) is 82.7 Å². The smallest absolute Gasteiger partial charge is 0.306 e. The molecule has 6 atom stereocenters. The van der Waals surface area contributed by atoms with E-state index in [0.29, 0.717) is 58.2 Å². The average Bonchev–Trinajstić information content (AvgIpc) is 3.71. The summed E-state index contributed by atoms with van der Waals surface area (Å²) in [7, 11) is 0. The van der Waals surface area contributed by atoms with Crippen LogP contribution in [0.5, 0.6) is 0 Å². The van der Waals surface area contributed by atoms with Gasteiger partial charge in [0.15, 0.2) is 0 Å². The van der Waals surface area contributed by atoms with E-state index in [0.717, 1.165) is 24.8 Å². The number of amides is 3. The number of ether oxygens (including phenoxy) is 2. The molecule has 3 aliphatic rings. The fraction of sp³-hybridized carbons (Fsp3) is 0.611. The van der Waals surface area contributed by atoms with Crippen LogP contribution >= 0.6 is 0 Å². The second-order valence-corrected chi connectivity index (χ2v) is 12.6. The number of benzene rings is 1. The summed E-state index contributed by atoms with van der Waals surface area (Å²) >= 11 is 0. The zero-order valence-corrected chi connectivity index (χ0v) is 27.2. The molecule has 2 N–H and O–H groups in total. The minimum atomic E-state index is -1.10. The van der Waals surface area contributed by atoms with Crippen LogP contribution in [0, 0.1) is 11.8 Å². The molecular weight excluding hydrogens is 586 g/mol. The van der Waals surface area contributed by atoms with Crippen molar-refractivity contribution in [1.29, 1.82) is 0 Å². The monoisotopic (exact) mass is 637 g/mol. The molecule has 4 rings (SSSR count). The third kappa shape index (κ3) is 7.72. The number of carbonyl (C=O) groups excluding carboxylic acids is 4. The third-order valence-corrected chi connectivity index (χ3v) is 9.57. The molecule has 10 nitrogen and oxygen atoms in total. The molecule has 252 valence electrons. The van der Waals surface area contributed by atoms with Crippen LogP contribution in [0.3, 0.4) is 0 Å². The molecule has 3 heterocycles. The van der Waals surface area contributed by atoms with Gasteiger partial charge in [0.1, 0.15) is 18.2 Å². The molecule has 0 radical (unpaired) electrons. The van der Waals surface area contributed by atoms with E-state index in [9.17, 15) is 24.3 Å². The first-order chi connectivity index (χ1) is 22.3. The van der Waals surface area contributed by atoms with Crippen molar-refractivity contribution >= 4 is 23.7 Å². The number of carbonyl (C=O) groups is 4. The van der Waals surface area contributed by atoms with Gasteiger partial charge in [0.2, 0.25) is 17.7 Å². The van der Waals surface area contributed by atoms with Gasteiger partial charge in [-0.15, -0.1) is 13.2 Å². The van der Waals surface area contributed by atoms with Crippen molar-refractivity contribution in [2.45, 2.75) is 94.9 Å². The SMILES string of the molecule is C=CCCC(=O)OC[C@@H](NC(=O)[C@@H]1[C@H]2C(=O)N(CCCCCO)[C@H](C(=O)N(CC=C)CCCCC)[C@]23CC[C@H]1O3)c1ccccc1. The zero-order chi connectivity index (χ0) is 33.1. The van der Waals surface area contributed by atoms with Crippen LogP contribution in [0.4, 0.5) is 0 Å². The summed E-state index contributed by atoms with van der Waals surface area (Å²) in [6.45, 7) is 10.9. The van der Waals surface area contributed by atoms with Gasteiger partial charge in [0.05, 0.1) is 24.0 Å². The number of hydrogen-bond acceptors (Lipinski definition) is 7. The highest BCUT2D eigenvalue weighted by atomic mass is 16.5. The van der Waals surface area contributed by atoms with Crippen molar-refractivity contribution in [3.05, 3.63) is 61.2 Å². The predicted molar refractivity (Wildman–Crippen MR) is 174 cm³/mol. The number of aliphatic hydroxyl groups is 1. The lowest BCUT2D eigenvalue weighted by molar-refractivity contribution is -0.148. The zero-order valence-electron chi connectivity index (χ0n) is 27.2. The van der Waals surface area contributed by atoms with Crippen molar-refractivity contribution in [1.82, 2.24) is 15.1 Å². The van der Waals surface area contributed by atoms with Gasteiger partial charge in [-0.3, -0.25) is 19.2 Å². The summed E-state index contributed by atoms with van der Waals surface area (Å²) < 4.78 is 12.2. The number of fused-ring (bicyclic) bond motifs is 1. The first kappa shape index (κ1) is 35.4. The highest BCUT2D eigenvalue weighted by Crippen LogP contribution is 2.58.